The van der Waals surface area contributed by atoms with Crippen molar-refractivity contribution in [3.63, 3.8) is 0 Å². The van der Waals surface area contributed by atoms with E-state index in [1.807, 2.05) is 23.9 Å². The minimum Gasteiger partial charge on any atom is -0.369 e. The number of morpholine rings is 2. The Morgan fingerprint density at radius 1 is 1.40 bits per heavy atom. The van der Waals surface area contributed by atoms with Gasteiger partial charge in [0.05, 0.1) is 18.8 Å². The van der Waals surface area contributed by atoms with E-state index < -0.39 is 0 Å². The summed E-state index contributed by atoms with van der Waals surface area (Å²) >= 11 is 0. The van der Waals surface area contributed by atoms with Gasteiger partial charge in [0, 0.05) is 26.2 Å². The summed E-state index contributed by atoms with van der Waals surface area (Å²) in [5.41, 5.74) is 0. The number of likely N-dealkylation sites (N-methyl/N-ethyl adjacent to an activating group) is 1. The number of hydrogen-bond acceptors (Lipinski definition) is 4. The second kappa shape index (κ2) is 4.47. The predicted molar refractivity (Wildman–Crippen MR) is 56.7 cm³/mol. The van der Waals surface area contributed by atoms with Gasteiger partial charge in [0.2, 0.25) is 5.91 Å². The Morgan fingerprint density at radius 3 is 2.53 bits per heavy atom. The molecule has 2 aliphatic rings. The molecular formula is C10H19N3O2. The van der Waals surface area contributed by atoms with Crippen LogP contribution in [0.25, 0.3) is 0 Å². The summed E-state index contributed by atoms with van der Waals surface area (Å²) in [6.07, 6.45) is 0.368. The predicted octanol–water partition coefficient (Wildman–Crippen LogP) is -1.25. The van der Waals surface area contributed by atoms with Crippen molar-refractivity contribution in [1.29, 1.82) is 0 Å². The lowest BCUT2D eigenvalue weighted by atomic mass is 10.1. The average molecular weight is 213 g/mol. The summed E-state index contributed by atoms with van der Waals surface area (Å²) in [5.74, 6) is 0.209. The van der Waals surface area contributed by atoms with Gasteiger partial charge in [-0.1, -0.05) is 0 Å². The van der Waals surface area contributed by atoms with Gasteiger partial charge in [0.1, 0.15) is 0 Å². The quantitative estimate of drug-likeness (QED) is 0.622. The highest BCUT2D eigenvalue weighted by molar-refractivity contribution is 5.78. The highest BCUT2D eigenvalue weighted by atomic mass is 16.5. The second-order valence-electron chi connectivity index (χ2n) is 4.57. The third kappa shape index (κ3) is 2.68. The fourth-order valence-corrected chi connectivity index (χ4v) is 2.13. The van der Waals surface area contributed by atoms with Crippen LogP contribution in [0.1, 0.15) is 0 Å². The van der Waals surface area contributed by atoms with Crippen molar-refractivity contribution in [1.82, 2.24) is 15.1 Å². The summed E-state index contributed by atoms with van der Waals surface area (Å²) in [6.45, 7) is 3.68. The highest BCUT2D eigenvalue weighted by Crippen LogP contribution is 2.14. The molecule has 0 spiro atoms. The zero-order valence-electron chi connectivity index (χ0n) is 9.40. The Kier molecular flexibility index (Phi) is 3.23. The van der Waals surface area contributed by atoms with E-state index in [2.05, 4.69) is 5.32 Å². The van der Waals surface area contributed by atoms with E-state index in [0.29, 0.717) is 6.54 Å². The summed E-state index contributed by atoms with van der Waals surface area (Å²) in [4.78, 5) is 15.7. The molecule has 0 aliphatic carbocycles. The van der Waals surface area contributed by atoms with Crippen molar-refractivity contribution >= 4 is 5.91 Å². The molecule has 2 atom stereocenters. The number of carbonyl (C=O) groups excluding carboxylic acids is 1. The number of amides is 1. The first-order valence-corrected chi connectivity index (χ1v) is 5.44. The van der Waals surface area contributed by atoms with Crippen LogP contribution in [0.3, 0.4) is 0 Å². The first kappa shape index (κ1) is 10.9. The van der Waals surface area contributed by atoms with Crippen LogP contribution in [0.4, 0.5) is 0 Å². The molecule has 2 saturated heterocycles. The fourth-order valence-electron chi connectivity index (χ4n) is 2.13. The number of rotatable bonds is 2. The van der Waals surface area contributed by atoms with Crippen molar-refractivity contribution in [3.8, 4) is 0 Å². The van der Waals surface area contributed by atoms with E-state index in [4.69, 9.17) is 4.74 Å². The number of nitrogens with one attached hydrogen (secondary N) is 1. The van der Waals surface area contributed by atoms with Crippen LogP contribution in [-0.4, -0.2) is 74.7 Å². The molecule has 0 aromatic rings. The van der Waals surface area contributed by atoms with E-state index in [-0.39, 0.29) is 18.1 Å². The lowest BCUT2D eigenvalue weighted by Crippen LogP contribution is -2.60. The van der Waals surface area contributed by atoms with Crippen LogP contribution in [0.5, 0.6) is 0 Å². The number of carbonyl (C=O) groups is 1. The molecule has 2 heterocycles. The average Bonchev–Trinajstić information content (AvgIpc) is 2.16. The number of hydrogen-bond donors (Lipinski definition) is 1. The third-order valence-electron chi connectivity index (χ3n) is 2.78. The molecule has 0 aromatic carbocycles. The van der Waals surface area contributed by atoms with Crippen molar-refractivity contribution in [2.45, 2.75) is 12.2 Å². The molecule has 2 rings (SSSR count). The van der Waals surface area contributed by atoms with Crippen LogP contribution < -0.4 is 5.32 Å². The normalized spacial score (nSPS) is 30.7. The van der Waals surface area contributed by atoms with Crippen molar-refractivity contribution in [2.24, 2.45) is 0 Å². The monoisotopic (exact) mass is 213 g/mol. The number of ether oxygens (including phenoxy) is 1. The molecule has 86 valence electrons. The molecule has 0 aromatic heterocycles. The topological polar surface area (TPSA) is 44.8 Å². The van der Waals surface area contributed by atoms with Crippen molar-refractivity contribution < 1.29 is 9.53 Å². The Labute approximate surface area is 90.4 Å². The molecule has 15 heavy (non-hydrogen) atoms. The molecule has 2 unspecified atom stereocenters. The van der Waals surface area contributed by atoms with E-state index >= 15 is 0 Å². The van der Waals surface area contributed by atoms with Crippen LogP contribution in [0, 0.1) is 0 Å². The van der Waals surface area contributed by atoms with Gasteiger partial charge in [0.25, 0.3) is 0 Å². The van der Waals surface area contributed by atoms with Gasteiger partial charge in [0.15, 0.2) is 0 Å². The Bertz CT molecular complexity index is 233. The largest absolute Gasteiger partial charge is 0.369 e. The first-order chi connectivity index (χ1) is 7.15. The second-order valence-corrected chi connectivity index (χ2v) is 4.57. The molecule has 5 heteroatoms. The van der Waals surface area contributed by atoms with Gasteiger partial charge >= 0.3 is 0 Å². The third-order valence-corrected chi connectivity index (χ3v) is 2.78. The summed E-state index contributed by atoms with van der Waals surface area (Å²) in [6, 6.07) is 0. The van der Waals surface area contributed by atoms with Crippen LogP contribution in [-0.2, 0) is 9.53 Å². The maximum atomic E-state index is 11.8. The maximum absolute atomic E-state index is 11.8. The lowest BCUT2D eigenvalue weighted by molar-refractivity contribution is -0.149. The van der Waals surface area contributed by atoms with Crippen molar-refractivity contribution in [3.05, 3.63) is 0 Å². The molecule has 2 bridgehead atoms. The molecule has 0 saturated carbocycles. The molecule has 2 fully saturated rings. The first-order valence-electron chi connectivity index (χ1n) is 5.44. The smallest absolute Gasteiger partial charge is 0.236 e. The number of fused-ring (bicyclic) bond motifs is 2. The van der Waals surface area contributed by atoms with E-state index in [0.717, 1.165) is 26.2 Å². The van der Waals surface area contributed by atoms with E-state index in [9.17, 15) is 4.79 Å². The summed E-state index contributed by atoms with van der Waals surface area (Å²) in [5, 5.41) is 3.31. The van der Waals surface area contributed by atoms with Gasteiger partial charge < -0.3 is 19.9 Å². The van der Waals surface area contributed by atoms with Gasteiger partial charge in [-0.3, -0.25) is 4.79 Å². The van der Waals surface area contributed by atoms with Crippen LogP contribution >= 0.6 is 0 Å². The lowest BCUT2D eigenvalue weighted by Gasteiger charge is -2.42. The minimum atomic E-state index is 0.184. The minimum absolute atomic E-state index is 0.184. The molecule has 1 amide bonds. The Balaban J connectivity index is 1.90. The zero-order chi connectivity index (χ0) is 10.8. The standard InChI is InChI=1S/C10H19N3O2/c1-12(2)7-10(14)13-5-8-3-11-4-9(6-13)15-8/h8-9,11H,3-7H2,1-2H3. The van der Waals surface area contributed by atoms with Gasteiger partial charge in [-0.25, -0.2) is 0 Å². The fraction of sp³-hybridized carbons (Fsp3) is 0.900. The molecule has 1 N–H and O–H groups in total. The molecule has 2 aliphatic heterocycles. The Morgan fingerprint density at radius 2 is 2.00 bits per heavy atom. The van der Waals surface area contributed by atoms with Gasteiger partial charge in [-0.2, -0.15) is 0 Å². The summed E-state index contributed by atoms with van der Waals surface area (Å²) in [7, 11) is 3.83. The highest BCUT2D eigenvalue weighted by Gasteiger charge is 2.33. The van der Waals surface area contributed by atoms with E-state index in [1.165, 1.54) is 0 Å². The maximum Gasteiger partial charge on any atom is 0.236 e. The number of nitrogens with zero attached hydrogens (tertiary/aromatic N) is 2. The molecule has 0 radical (unpaired) electrons. The zero-order valence-corrected chi connectivity index (χ0v) is 9.40. The Hall–Kier alpha value is -0.650. The molecular weight excluding hydrogens is 194 g/mol. The SMILES string of the molecule is CN(C)CC(=O)N1CC2CNCC(C1)O2. The molecule has 5 nitrogen and oxygen atoms in total. The summed E-state index contributed by atoms with van der Waals surface area (Å²) < 4.78 is 5.74. The van der Waals surface area contributed by atoms with Crippen LogP contribution in [0.15, 0.2) is 0 Å². The van der Waals surface area contributed by atoms with Gasteiger partial charge in [-0.15, -0.1) is 0 Å². The van der Waals surface area contributed by atoms with E-state index in [1.54, 1.807) is 0 Å². The van der Waals surface area contributed by atoms with Gasteiger partial charge in [-0.05, 0) is 14.1 Å². The van der Waals surface area contributed by atoms with Crippen LogP contribution in [0.2, 0.25) is 0 Å². The van der Waals surface area contributed by atoms with Crippen molar-refractivity contribution in [2.75, 3.05) is 46.8 Å².